The van der Waals surface area contributed by atoms with Gasteiger partial charge in [-0.05, 0) is 0 Å². The van der Waals surface area contributed by atoms with Crippen molar-refractivity contribution in [3.63, 3.8) is 0 Å². The highest BCUT2D eigenvalue weighted by Crippen LogP contribution is 1.75. The molecule has 0 unspecified atom stereocenters. The standard InChI is InChI=1S/C7H13N3.HI/c1-3-5-10(6-4-2)7(8)9;/h3-4H,1-2,5-6H2,(H3,8,9);1H. The largest absolute Gasteiger partial charge is 1.00 e. The van der Waals surface area contributed by atoms with Crippen LogP contribution in [-0.2, 0) is 0 Å². The van der Waals surface area contributed by atoms with Crippen LogP contribution in [0.4, 0.5) is 0 Å². The number of rotatable bonds is 4. The second-order valence-corrected chi connectivity index (χ2v) is 1.91. The molecule has 0 spiro atoms. The molecule has 0 aliphatic heterocycles. The van der Waals surface area contributed by atoms with Crippen LogP contribution in [0.25, 0.3) is 0 Å². The predicted octanol–water partition coefficient (Wildman–Crippen LogP) is -3.35. The van der Waals surface area contributed by atoms with Gasteiger partial charge in [-0.3, -0.25) is 16.0 Å². The van der Waals surface area contributed by atoms with Crippen LogP contribution < -0.4 is 35.4 Å². The molecule has 4 heteroatoms. The Labute approximate surface area is 84.5 Å². The van der Waals surface area contributed by atoms with Crippen LogP contribution in [0.2, 0.25) is 0 Å². The Bertz CT molecular complexity index is 147. The first-order valence-corrected chi connectivity index (χ1v) is 3.07. The molecule has 0 fully saturated rings. The molecule has 11 heavy (non-hydrogen) atoms. The van der Waals surface area contributed by atoms with Gasteiger partial charge in [-0.25, -0.2) is 0 Å². The average Bonchev–Trinajstić information content (AvgIpc) is 1.87. The maximum atomic E-state index is 5.33. The molecule has 64 valence electrons. The van der Waals surface area contributed by atoms with E-state index in [1.807, 2.05) is 0 Å². The lowest BCUT2D eigenvalue weighted by molar-refractivity contribution is -0.509. The Morgan fingerprint density at radius 1 is 1.18 bits per heavy atom. The third-order valence-corrected chi connectivity index (χ3v) is 1.06. The average molecular weight is 267 g/mol. The molecule has 3 nitrogen and oxygen atoms in total. The van der Waals surface area contributed by atoms with E-state index in [2.05, 4.69) is 13.2 Å². The summed E-state index contributed by atoms with van der Waals surface area (Å²) >= 11 is 0. The quantitative estimate of drug-likeness (QED) is 0.184. The predicted molar refractivity (Wildman–Crippen MR) is 43.8 cm³/mol. The minimum absolute atomic E-state index is 0. The molecule has 0 saturated carbocycles. The highest BCUT2D eigenvalue weighted by atomic mass is 127. The lowest BCUT2D eigenvalue weighted by Gasteiger charge is -2.01. The fourth-order valence-electron chi connectivity index (χ4n) is 0.597. The minimum Gasteiger partial charge on any atom is -1.00 e. The van der Waals surface area contributed by atoms with E-state index in [-0.39, 0.29) is 24.0 Å². The first-order chi connectivity index (χ1) is 4.72. The Balaban J connectivity index is 0. The van der Waals surface area contributed by atoms with Crippen LogP contribution in [0.3, 0.4) is 0 Å². The fourth-order valence-corrected chi connectivity index (χ4v) is 0.597. The van der Waals surface area contributed by atoms with Gasteiger partial charge in [0.25, 0.3) is 0 Å². The normalized spacial score (nSPS) is 7.64. The Hall–Kier alpha value is -0.520. The number of hydrogen-bond donors (Lipinski definition) is 2. The van der Waals surface area contributed by atoms with Gasteiger partial charge in [-0.1, -0.05) is 25.3 Å². The molecule has 0 amide bonds. The van der Waals surface area contributed by atoms with Crippen molar-refractivity contribution in [2.75, 3.05) is 13.1 Å². The molecule has 0 atom stereocenters. The molecule has 0 aliphatic rings. The van der Waals surface area contributed by atoms with Gasteiger partial charge in [-0.2, -0.15) is 0 Å². The van der Waals surface area contributed by atoms with Crippen molar-refractivity contribution in [1.29, 1.82) is 0 Å². The summed E-state index contributed by atoms with van der Waals surface area (Å²) in [5.41, 5.74) is 10.7. The minimum atomic E-state index is 0. The fraction of sp³-hybridized carbons (Fsp3) is 0.286. The van der Waals surface area contributed by atoms with E-state index in [0.717, 1.165) is 0 Å². The van der Waals surface area contributed by atoms with E-state index in [4.69, 9.17) is 11.5 Å². The number of hydrogen-bond acceptors (Lipinski definition) is 0. The molecule has 0 aromatic rings. The first kappa shape index (κ1) is 13.1. The summed E-state index contributed by atoms with van der Waals surface area (Å²) in [6, 6.07) is 0. The van der Waals surface area contributed by atoms with Crippen molar-refractivity contribution >= 4 is 5.96 Å². The van der Waals surface area contributed by atoms with Crippen molar-refractivity contribution in [3.8, 4) is 0 Å². The summed E-state index contributed by atoms with van der Waals surface area (Å²) in [6.45, 7) is 8.45. The number of nitrogens with two attached hydrogens (primary N) is 2. The van der Waals surface area contributed by atoms with Gasteiger partial charge >= 0.3 is 5.96 Å². The molecule has 0 heterocycles. The van der Waals surface area contributed by atoms with E-state index >= 15 is 0 Å². The van der Waals surface area contributed by atoms with Crippen molar-refractivity contribution < 1.29 is 28.6 Å². The summed E-state index contributed by atoms with van der Waals surface area (Å²) < 4.78 is 1.76. The second-order valence-electron chi connectivity index (χ2n) is 1.91. The third kappa shape index (κ3) is 5.90. The Kier molecular flexibility index (Phi) is 9.03. The molecule has 0 aliphatic carbocycles. The van der Waals surface area contributed by atoms with Crippen LogP contribution in [-0.4, -0.2) is 23.6 Å². The topological polar surface area (TPSA) is 55.0 Å². The van der Waals surface area contributed by atoms with Gasteiger partial charge in [0.1, 0.15) is 0 Å². The zero-order valence-corrected chi connectivity index (χ0v) is 8.62. The van der Waals surface area contributed by atoms with Gasteiger partial charge in [0, 0.05) is 0 Å². The van der Waals surface area contributed by atoms with Crippen LogP contribution in [0.1, 0.15) is 0 Å². The second kappa shape index (κ2) is 7.59. The number of halogens is 1. The highest BCUT2D eigenvalue weighted by molar-refractivity contribution is 5.70. The summed E-state index contributed by atoms with van der Waals surface area (Å²) in [4.78, 5) is 0. The van der Waals surface area contributed by atoms with E-state index in [9.17, 15) is 0 Å². The molecule has 0 rings (SSSR count). The lowest BCUT2D eigenvalue weighted by Crippen LogP contribution is -3.00. The van der Waals surface area contributed by atoms with E-state index < -0.39 is 0 Å². The monoisotopic (exact) mass is 267 g/mol. The summed E-state index contributed by atoms with van der Waals surface area (Å²) in [5, 5.41) is 0. The number of guanidine groups is 1. The number of nitrogens with zero attached hydrogens (tertiary/aromatic N) is 1. The Morgan fingerprint density at radius 3 is 1.73 bits per heavy atom. The molecular weight excluding hydrogens is 253 g/mol. The highest BCUT2D eigenvalue weighted by Gasteiger charge is 1.96. The van der Waals surface area contributed by atoms with E-state index in [1.54, 1.807) is 16.7 Å². The molecule has 0 bridgehead atoms. The SMILES string of the molecule is C=CC[N+](CC=C)=C(N)N.[I-]. The first-order valence-electron chi connectivity index (χ1n) is 3.07. The third-order valence-electron chi connectivity index (χ3n) is 1.06. The van der Waals surface area contributed by atoms with Crippen molar-refractivity contribution in [3.05, 3.63) is 25.3 Å². The molecule has 0 radical (unpaired) electrons. The maximum absolute atomic E-state index is 5.33. The van der Waals surface area contributed by atoms with Crippen molar-refractivity contribution in [2.24, 2.45) is 11.5 Å². The van der Waals surface area contributed by atoms with Gasteiger partial charge in [-0.15, -0.1) is 0 Å². The summed E-state index contributed by atoms with van der Waals surface area (Å²) in [7, 11) is 0. The van der Waals surface area contributed by atoms with Gasteiger partial charge in [0.05, 0.1) is 13.1 Å². The molecule has 0 aromatic heterocycles. The smallest absolute Gasteiger partial charge is 0.341 e. The van der Waals surface area contributed by atoms with Crippen molar-refractivity contribution in [2.45, 2.75) is 0 Å². The van der Waals surface area contributed by atoms with Crippen LogP contribution in [0.15, 0.2) is 25.3 Å². The van der Waals surface area contributed by atoms with Gasteiger partial charge in [0.2, 0.25) is 0 Å². The van der Waals surface area contributed by atoms with Gasteiger partial charge < -0.3 is 24.0 Å². The van der Waals surface area contributed by atoms with Crippen LogP contribution in [0.5, 0.6) is 0 Å². The lowest BCUT2D eigenvalue weighted by atomic mass is 10.5. The van der Waals surface area contributed by atoms with Crippen LogP contribution in [0, 0.1) is 0 Å². The van der Waals surface area contributed by atoms with E-state index in [0.29, 0.717) is 19.0 Å². The summed E-state index contributed by atoms with van der Waals surface area (Å²) in [6.07, 6.45) is 3.48. The van der Waals surface area contributed by atoms with Crippen molar-refractivity contribution in [1.82, 2.24) is 0 Å². The van der Waals surface area contributed by atoms with Crippen LogP contribution >= 0.6 is 0 Å². The molecular formula is C7H14IN3. The van der Waals surface area contributed by atoms with E-state index in [1.165, 1.54) is 0 Å². The zero-order valence-electron chi connectivity index (χ0n) is 6.46. The maximum Gasteiger partial charge on any atom is 0.341 e. The summed E-state index contributed by atoms with van der Waals surface area (Å²) in [5.74, 6) is 0.305. The zero-order chi connectivity index (χ0) is 7.98. The molecule has 0 aromatic carbocycles. The molecule has 4 N–H and O–H groups in total. The van der Waals surface area contributed by atoms with Gasteiger partial charge in [0.15, 0.2) is 0 Å². The molecule has 0 saturated heterocycles. The Morgan fingerprint density at radius 2 is 1.55 bits per heavy atom.